The van der Waals surface area contributed by atoms with Gasteiger partial charge in [0.05, 0.1) is 13.2 Å². The third-order valence-corrected chi connectivity index (χ3v) is 2.64. The fourth-order valence-electron chi connectivity index (χ4n) is 1.87. The van der Waals surface area contributed by atoms with Gasteiger partial charge in [-0.05, 0) is 41.8 Å². The Kier molecular flexibility index (Phi) is 3.11. The summed E-state index contributed by atoms with van der Waals surface area (Å²) in [6, 6.07) is 12.2. The average molecular weight is 216 g/mol. The van der Waals surface area contributed by atoms with E-state index in [1.165, 1.54) is 5.39 Å². The highest BCUT2D eigenvalue weighted by molar-refractivity contribution is 5.84. The summed E-state index contributed by atoms with van der Waals surface area (Å²) in [5.74, 6) is 0.871. The van der Waals surface area contributed by atoms with Crippen molar-refractivity contribution < 1.29 is 9.84 Å². The molecule has 0 heterocycles. The highest BCUT2D eigenvalue weighted by Crippen LogP contribution is 2.22. The molecule has 0 fully saturated rings. The molecule has 0 bridgehead atoms. The van der Waals surface area contributed by atoms with E-state index in [2.05, 4.69) is 18.2 Å². The first kappa shape index (κ1) is 11.0. The van der Waals surface area contributed by atoms with Gasteiger partial charge in [0, 0.05) is 0 Å². The van der Waals surface area contributed by atoms with Crippen molar-refractivity contribution in [3.63, 3.8) is 0 Å². The number of hydrogen-bond donors (Lipinski definition) is 1. The second kappa shape index (κ2) is 4.54. The molecule has 1 N–H and O–H groups in total. The van der Waals surface area contributed by atoms with Gasteiger partial charge in [0.25, 0.3) is 0 Å². The first-order valence-corrected chi connectivity index (χ1v) is 5.44. The van der Waals surface area contributed by atoms with Gasteiger partial charge in [-0.25, -0.2) is 0 Å². The van der Waals surface area contributed by atoms with Gasteiger partial charge in [0.15, 0.2) is 0 Å². The molecule has 0 spiro atoms. The molecule has 2 rings (SSSR count). The summed E-state index contributed by atoms with van der Waals surface area (Å²) < 4.78 is 5.18. The molecule has 2 nitrogen and oxygen atoms in total. The Morgan fingerprint density at radius 2 is 1.81 bits per heavy atom. The number of methoxy groups -OCH3 is 1. The van der Waals surface area contributed by atoms with Crippen LogP contribution in [0.5, 0.6) is 5.75 Å². The van der Waals surface area contributed by atoms with Crippen LogP contribution in [0, 0.1) is 0 Å². The summed E-state index contributed by atoms with van der Waals surface area (Å²) >= 11 is 0. The predicted octanol–water partition coefficient (Wildman–Crippen LogP) is 2.77. The molecule has 0 unspecified atom stereocenters. The standard InChI is InChI=1S/C14H16O2/c1-10(15)7-11-3-4-13-9-14(16-2)6-5-12(13)8-11/h3-6,8-10,15H,7H2,1-2H3/t10-/m0/s1. The molecular weight excluding hydrogens is 200 g/mol. The molecule has 0 saturated carbocycles. The van der Waals surface area contributed by atoms with E-state index in [4.69, 9.17) is 4.74 Å². The van der Waals surface area contributed by atoms with Crippen molar-refractivity contribution in [3.05, 3.63) is 42.0 Å². The van der Waals surface area contributed by atoms with Crippen LogP contribution in [0.15, 0.2) is 36.4 Å². The molecule has 0 aliphatic carbocycles. The highest BCUT2D eigenvalue weighted by Gasteiger charge is 2.01. The lowest BCUT2D eigenvalue weighted by Crippen LogP contribution is -2.03. The van der Waals surface area contributed by atoms with Crippen molar-refractivity contribution in [2.45, 2.75) is 19.4 Å². The SMILES string of the molecule is COc1ccc2cc(C[C@H](C)O)ccc2c1. The summed E-state index contributed by atoms with van der Waals surface area (Å²) in [4.78, 5) is 0. The molecule has 1 atom stereocenters. The third kappa shape index (κ3) is 2.34. The van der Waals surface area contributed by atoms with Crippen molar-refractivity contribution >= 4 is 10.8 Å². The normalized spacial score (nSPS) is 12.7. The molecule has 0 aromatic heterocycles. The minimum absolute atomic E-state index is 0.296. The summed E-state index contributed by atoms with van der Waals surface area (Å²) in [6.45, 7) is 1.80. The van der Waals surface area contributed by atoms with Crippen molar-refractivity contribution in [2.24, 2.45) is 0 Å². The lowest BCUT2D eigenvalue weighted by atomic mass is 10.0. The summed E-state index contributed by atoms with van der Waals surface area (Å²) in [7, 11) is 1.67. The van der Waals surface area contributed by atoms with E-state index < -0.39 is 0 Å². The summed E-state index contributed by atoms with van der Waals surface area (Å²) in [6.07, 6.45) is 0.401. The van der Waals surface area contributed by atoms with Crippen LogP contribution in [0.3, 0.4) is 0 Å². The van der Waals surface area contributed by atoms with Gasteiger partial charge in [-0.3, -0.25) is 0 Å². The van der Waals surface area contributed by atoms with Gasteiger partial charge in [-0.2, -0.15) is 0 Å². The van der Waals surface area contributed by atoms with Crippen LogP contribution in [0.1, 0.15) is 12.5 Å². The Bertz CT molecular complexity index is 489. The summed E-state index contributed by atoms with van der Waals surface area (Å²) in [5.41, 5.74) is 1.16. The van der Waals surface area contributed by atoms with E-state index in [9.17, 15) is 5.11 Å². The van der Waals surface area contributed by atoms with Gasteiger partial charge in [-0.1, -0.05) is 24.3 Å². The largest absolute Gasteiger partial charge is 0.497 e. The van der Waals surface area contributed by atoms with Gasteiger partial charge in [-0.15, -0.1) is 0 Å². The fraction of sp³-hybridized carbons (Fsp3) is 0.286. The van der Waals surface area contributed by atoms with Crippen LogP contribution in [0.25, 0.3) is 10.8 Å². The first-order valence-electron chi connectivity index (χ1n) is 5.44. The quantitative estimate of drug-likeness (QED) is 0.854. The smallest absolute Gasteiger partial charge is 0.119 e. The summed E-state index contributed by atoms with van der Waals surface area (Å²) in [5, 5.41) is 11.7. The molecular formula is C14H16O2. The van der Waals surface area contributed by atoms with E-state index in [0.29, 0.717) is 6.42 Å². The van der Waals surface area contributed by atoms with Gasteiger partial charge >= 0.3 is 0 Å². The maximum Gasteiger partial charge on any atom is 0.119 e. The number of benzene rings is 2. The molecule has 2 aromatic carbocycles. The maximum absolute atomic E-state index is 9.34. The number of fused-ring (bicyclic) bond motifs is 1. The highest BCUT2D eigenvalue weighted by atomic mass is 16.5. The zero-order valence-electron chi connectivity index (χ0n) is 9.60. The minimum Gasteiger partial charge on any atom is -0.497 e. The van der Waals surface area contributed by atoms with Crippen LogP contribution < -0.4 is 4.74 Å². The predicted molar refractivity (Wildman–Crippen MR) is 65.9 cm³/mol. The third-order valence-electron chi connectivity index (χ3n) is 2.64. The van der Waals surface area contributed by atoms with Crippen LogP contribution in [0.2, 0.25) is 0 Å². The van der Waals surface area contributed by atoms with Crippen LogP contribution >= 0.6 is 0 Å². The Balaban J connectivity index is 2.39. The molecule has 2 aromatic rings. The van der Waals surface area contributed by atoms with Crippen molar-refractivity contribution in [1.82, 2.24) is 0 Å². The number of ether oxygens (including phenoxy) is 1. The number of aliphatic hydroxyl groups excluding tert-OH is 1. The number of hydrogen-bond acceptors (Lipinski definition) is 2. The van der Waals surface area contributed by atoms with Crippen molar-refractivity contribution in [1.29, 1.82) is 0 Å². The Hall–Kier alpha value is -1.54. The van der Waals surface area contributed by atoms with E-state index in [1.807, 2.05) is 18.2 Å². The molecule has 2 heteroatoms. The molecule has 0 aliphatic heterocycles. The Morgan fingerprint density at radius 1 is 1.12 bits per heavy atom. The second-order valence-corrected chi connectivity index (χ2v) is 4.10. The van der Waals surface area contributed by atoms with E-state index in [1.54, 1.807) is 14.0 Å². The first-order chi connectivity index (χ1) is 7.69. The van der Waals surface area contributed by atoms with Gasteiger partial charge in [0.1, 0.15) is 5.75 Å². The van der Waals surface area contributed by atoms with Crippen LogP contribution in [0.4, 0.5) is 0 Å². The monoisotopic (exact) mass is 216 g/mol. The van der Waals surface area contributed by atoms with E-state index >= 15 is 0 Å². The fourth-order valence-corrected chi connectivity index (χ4v) is 1.87. The maximum atomic E-state index is 9.34. The zero-order valence-corrected chi connectivity index (χ0v) is 9.60. The van der Waals surface area contributed by atoms with Crippen LogP contribution in [-0.2, 0) is 6.42 Å². The molecule has 84 valence electrons. The van der Waals surface area contributed by atoms with E-state index in [0.717, 1.165) is 16.7 Å². The molecule has 0 radical (unpaired) electrons. The van der Waals surface area contributed by atoms with E-state index in [-0.39, 0.29) is 6.10 Å². The van der Waals surface area contributed by atoms with Crippen molar-refractivity contribution in [3.8, 4) is 5.75 Å². The average Bonchev–Trinajstić information content (AvgIpc) is 2.27. The zero-order chi connectivity index (χ0) is 11.5. The Morgan fingerprint density at radius 3 is 2.50 bits per heavy atom. The van der Waals surface area contributed by atoms with Gasteiger partial charge in [0.2, 0.25) is 0 Å². The Labute approximate surface area is 95.5 Å². The minimum atomic E-state index is -0.296. The van der Waals surface area contributed by atoms with Crippen molar-refractivity contribution in [2.75, 3.05) is 7.11 Å². The lowest BCUT2D eigenvalue weighted by Gasteiger charge is -2.07. The molecule has 16 heavy (non-hydrogen) atoms. The molecule has 0 amide bonds. The number of rotatable bonds is 3. The lowest BCUT2D eigenvalue weighted by molar-refractivity contribution is 0.195. The molecule has 0 saturated heterocycles. The van der Waals surface area contributed by atoms with Crippen LogP contribution in [-0.4, -0.2) is 18.3 Å². The number of aliphatic hydroxyl groups is 1. The topological polar surface area (TPSA) is 29.5 Å². The molecule has 0 aliphatic rings. The van der Waals surface area contributed by atoms with Gasteiger partial charge < -0.3 is 9.84 Å². The second-order valence-electron chi connectivity index (χ2n) is 4.10.